The van der Waals surface area contributed by atoms with Gasteiger partial charge >= 0.3 is 11.9 Å². The van der Waals surface area contributed by atoms with E-state index in [1.54, 1.807) is 48.5 Å². The fourth-order valence-corrected chi connectivity index (χ4v) is 4.92. The molecule has 0 atom stereocenters. The highest BCUT2D eigenvalue weighted by Gasteiger charge is 2.45. The Hall–Kier alpha value is -3.60. The summed E-state index contributed by atoms with van der Waals surface area (Å²) < 4.78 is 11.7. The highest BCUT2D eigenvalue weighted by atomic mass is 35.5. The Kier molecular flexibility index (Phi) is 6.33. The van der Waals surface area contributed by atoms with Gasteiger partial charge in [-0.25, -0.2) is 9.59 Å². The second kappa shape index (κ2) is 9.57. The summed E-state index contributed by atoms with van der Waals surface area (Å²) in [6.45, 7) is -0.0373. The molecule has 4 nitrogen and oxygen atoms in total. The number of ether oxygens (including phenoxy) is 2. The summed E-state index contributed by atoms with van der Waals surface area (Å²) in [4.78, 5) is 25.8. The molecule has 35 heavy (non-hydrogen) atoms. The molecule has 0 saturated carbocycles. The van der Waals surface area contributed by atoms with Gasteiger partial charge in [0.2, 0.25) is 0 Å². The third-order valence-electron chi connectivity index (χ3n) is 6.20. The minimum Gasteiger partial charge on any atom is -0.461 e. The molecule has 0 amide bonds. The number of carbonyl (C=O) groups excluding carboxylic acids is 2. The highest BCUT2D eigenvalue weighted by molar-refractivity contribution is 6.31. The molecular weight excluding hydrogens is 483 g/mol. The molecule has 6 heteroatoms. The summed E-state index contributed by atoms with van der Waals surface area (Å²) in [7, 11) is 0. The Balaban J connectivity index is 1.51. The predicted octanol–water partition coefficient (Wildman–Crippen LogP) is 6.97. The lowest BCUT2D eigenvalue weighted by molar-refractivity contribution is 0.0247. The minimum atomic E-state index is -0.879. The monoisotopic (exact) mass is 502 g/mol. The van der Waals surface area contributed by atoms with Crippen molar-refractivity contribution >= 4 is 35.1 Å². The van der Waals surface area contributed by atoms with Crippen molar-refractivity contribution in [3.8, 4) is 11.1 Å². The Bertz CT molecular complexity index is 1320. The third-order valence-corrected chi connectivity index (χ3v) is 6.67. The zero-order chi connectivity index (χ0) is 24.4. The van der Waals surface area contributed by atoms with Crippen LogP contribution in [-0.2, 0) is 14.9 Å². The maximum absolute atomic E-state index is 12.9. The van der Waals surface area contributed by atoms with Gasteiger partial charge in [0, 0.05) is 10.0 Å². The van der Waals surface area contributed by atoms with Gasteiger partial charge < -0.3 is 9.47 Å². The second-order valence-electron chi connectivity index (χ2n) is 8.35. The summed E-state index contributed by atoms with van der Waals surface area (Å²) in [5.74, 6) is -1.01. The highest BCUT2D eigenvalue weighted by Crippen LogP contribution is 2.49. The van der Waals surface area contributed by atoms with E-state index >= 15 is 0 Å². The van der Waals surface area contributed by atoms with Crippen LogP contribution in [0.5, 0.6) is 0 Å². The van der Waals surface area contributed by atoms with Crippen LogP contribution in [0, 0.1) is 0 Å². The van der Waals surface area contributed by atoms with Crippen LogP contribution < -0.4 is 0 Å². The van der Waals surface area contributed by atoms with Crippen LogP contribution in [0.1, 0.15) is 31.8 Å². The van der Waals surface area contributed by atoms with Gasteiger partial charge in [0.15, 0.2) is 0 Å². The maximum Gasteiger partial charge on any atom is 0.338 e. The van der Waals surface area contributed by atoms with Gasteiger partial charge in [-0.3, -0.25) is 0 Å². The molecule has 0 fully saturated rings. The topological polar surface area (TPSA) is 52.6 Å². The van der Waals surface area contributed by atoms with Gasteiger partial charge in [0.25, 0.3) is 0 Å². The van der Waals surface area contributed by atoms with E-state index in [2.05, 4.69) is 0 Å². The smallest absolute Gasteiger partial charge is 0.338 e. The summed E-state index contributed by atoms with van der Waals surface area (Å²) >= 11 is 12.1. The van der Waals surface area contributed by atoms with Crippen molar-refractivity contribution in [2.45, 2.75) is 5.41 Å². The Morgan fingerprint density at radius 3 is 1.46 bits per heavy atom. The molecule has 0 unspecified atom stereocenters. The Morgan fingerprint density at radius 2 is 1.03 bits per heavy atom. The van der Waals surface area contributed by atoms with Crippen LogP contribution >= 0.6 is 23.2 Å². The first-order valence-corrected chi connectivity index (χ1v) is 11.8. The van der Waals surface area contributed by atoms with Gasteiger partial charge in [0.05, 0.1) is 16.5 Å². The standard InChI is InChI=1S/C29H20Cl2O4/c30-21-9-5-7-19(15-21)27(32)34-17-29(18-35-28(33)20-8-6-10-22(31)16-20)25-13-3-1-11-23(25)24-12-2-4-14-26(24)29/h1-16H,17-18H2. The van der Waals surface area contributed by atoms with Gasteiger partial charge in [0.1, 0.15) is 13.2 Å². The number of hydrogen-bond acceptors (Lipinski definition) is 4. The fourth-order valence-electron chi connectivity index (χ4n) is 4.54. The van der Waals surface area contributed by atoms with E-state index in [-0.39, 0.29) is 13.2 Å². The molecule has 0 bridgehead atoms. The van der Waals surface area contributed by atoms with E-state index in [0.717, 1.165) is 22.3 Å². The third kappa shape index (κ3) is 4.43. The van der Waals surface area contributed by atoms with Crippen LogP contribution in [0.25, 0.3) is 11.1 Å². The SMILES string of the molecule is O=C(OCC1(COC(=O)c2cccc(Cl)c2)c2ccccc2-c2ccccc21)c1cccc(Cl)c1. The lowest BCUT2D eigenvalue weighted by Gasteiger charge is -2.31. The van der Waals surface area contributed by atoms with E-state index < -0.39 is 17.4 Å². The van der Waals surface area contributed by atoms with Crippen LogP contribution in [0.3, 0.4) is 0 Å². The zero-order valence-electron chi connectivity index (χ0n) is 18.5. The van der Waals surface area contributed by atoms with E-state index in [1.165, 1.54) is 0 Å². The van der Waals surface area contributed by atoms with Gasteiger partial charge in [-0.05, 0) is 58.7 Å². The molecule has 0 saturated heterocycles. The molecule has 0 spiro atoms. The van der Waals surface area contributed by atoms with Crippen molar-refractivity contribution < 1.29 is 19.1 Å². The molecule has 174 valence electrons. The molecular formula is C29H20Cl2O4. The average molecular weight is 503 g/mol. The average Bonchev–Trinajstić information content (AvgIpc) is 3.16. The molecule has 4 aromatic rings. The number of esters is 2. The number of hydrogen-bond donors (Lipinski definition) is 0. The van der Waals surface area contributed by atoms with Crippen molar-refractivity contribution in [3.05, 3.63) is 129 Å². The molecule has 1 aliphatic rings. The number of benzene rings is 4. The van der Waals surface area contributed by atoms with E-state index in [9.17, 15) is 9.59 Å². The fraction of sp³-hybridized carbons (Fsp3) is 0.103. The van der Waals surface area contributed by atoms with Gasteiger partial charge in [-0.2, -0.15) is 0 Å². The van der Waals surface area contributed by atoms with Crippen molar-refractivity contribution in [3.63, 3.8) is 0 Å². The summed E-state index contributed by atoms with van der Waals surface area (Å²) in [5.41, 5.74) is 3.71. The van der Waals surface area contributed by atoms with Crippen LogP contribution in [0.4, 0.5) is 0 Å². The molecule has 0 radical (unpaired) electrons. The zero-order valence-corrected chi connectivity index (χ0v) is 20.1. The first kappa shape index (κ1) is 23.2. The van der Waals surface area contributed by atoms with Crippen LogP contribution in [0.15, 0.2) is 97.1 Å². The lowest BCUT2D eigenvalue weighted by Crippen LogP contribution is -2.38. The lowest BCUT2D eigenvalue weighted by atomic mass is 9.79. The largest absolute Gasteiger partial charge is 0.461 e. The van der Waals surface area contributed by atoms with Gasteiger partial charge in [-0.1, -0.05) is 83.9 Å². The molecule has 0 heterocycles. The first-order valence-electron chi connectivity index (χ1n) is 11.0. The van der Waals surface area contributed by atoms with Crippen molar-refractivity contribution in [2.24, 2.45) is 0 Å². The molecule has 5 rings (SSSR count). The first-order chi connectivity index (χ1) is 17.0. The molecule has 0 aliphatic heterocycles. The quantitative estimate of drug-likeness (QED) is 0.267. The second-order valence-corrected chi connectivity index (χ2v) is 9.22. The number of halogens is 2. The van der Waals surface area contributed by atoms with E-state index in [0.29, 0.717) is 21.2 Å². The Morgan fingerprint density at radius 1 is 0.600 bits per heavy atom. The minimum absolute atomic E-state index is 0.0187. The van der Waals surface area contributed by atoms with Crippen LogP contribution in [0.2, 0.25) is 10.0 Å². The van der Waals surface area contributed by atoms with E-state index in [1.807, 2.05) is 48.5 Å². The van der Waals surface area contributed by atoms with Crippen LogP contribution in [-0.4, -0.2) is 25.2 Å². The summed E-state index contributed by atoms with van der Waals surface area (Å²) in [5, 5.41) is 0.891. The van der Waals surface area contributed by atoms with E-state index in [4.69, 9.17) is 32.7 Å². The Labute approximate surface area is 213 Å². The molecule has 0 aromatic heterocycles. The number of carbonyl (C=O) groups is 2. The van der Waals surface area contributed by atoms with Crippen molar-refractivity contribution in [2.75, 3.05) is 13.2 Å². The predicted molar refractivity (Wildman–Crippen MR) is 136 cm³/mol. The van der Waals surface area contributed by atoms with Gasteiger partial charge in [-0.15, -0.1) is 0 Å². The van der Waals surface area contributed by atoms with Crippen molar-refractivity contribution in [1.82, 2.24) is 0 Å². The molecule has 4 aromatic carbocycles. The number of fused-ring (bicyclic) bond motifs is 3. The number of rotatable bonds is 6. The normalized spacial score (nSPS) is 13.0. The molecule has 0 N–H and O–H groups in total. The molecule has 1 aliphatic carbocycles. The summed E-state index contributed by atoms with van der Waals surface area (Å²) in [6.07, 6.45) is 0. The van der Waals surface area contributed by atoms with Crippen molar-refractivity contribution in [1.29, 1.82) is 0 Å². The maximum atomic E-state index is 12.9. The summed E-state index contributed by atoms with van der Waals surface area (Å²) in [6, 6.07) is 29.0.